The molecule has 0 spiro atoms. The third-order valence-electron chi connectivity index (χ3n) is 2.46. The predicted octanol–water partition coefficient (Wildman–Crippen LogP) is 1.12. The largest absolute Gasteiger partial charge is 0.468 e. The van der Waals surface area contributed by atoms with Crippen LogP contribution in [0.3, 0.4) is 0 Å². The molecule has 1 aromatic heterocycles. The van der Waals surface area contributed by atoms with Gasteiger partial charge in [0.2, 0.25) is 0 Å². The van der Waals surface area contributed by atoms with E-state index in [2.05, 4.69) is 20.0 Å². The standard InChI is InChI=1S/C11H10N4O4/c1-19-10(16)5-12-11-8-4-7(15(17)18)2-3-9(8)13-6-14-11/h2-4,6H,5H2,1H3,(H,12,13,14). The van der Waals surface area contributed by atoms with Gasteiger partial charge < -0.3 is 10.1 Å². The molecule has 8 nitrogen and oxygen atoms in total. The number of anilines is 1. The summed E-state index contributed by atoms with van der Waals surface area (Å²) in [5, 5.41) is 14.0. The van der Waals surface area contributed by atoms with Crippen LogP contribution in [0.25, 0.3) is 10.9 Å². The number of nitro groups is 1. The van der Waals surface area contributed by atoms with Crippen molar-refractivity contribution in [3.63, 3.8) is 0 Å². The summed E-state index contributed by atoms with van der Waals surface area (Å²) >= 11 is 0. The minimum absolute atomic E-state index is 0.0663. The number of fused-ring (bicyclic) bond motifs is 1. The van der Waals surface area contributed by atoms with Crippen LogP contribution in [-0.2, 0) is 9.53 Å². The van der Waals surface area contributed by atoms with Crippen molar-refractivity contribution in [3.8, 4) is 0 Å². The first kappa shape index (κ1) is 12.7. The van der Waals surface area contributed by atoms with Crippen molar-refractivity contribution in [2.75, 3.05) is 19.0 Å². The molecule has 19 heavy (non-hydrogen) atoms. The third kappa shape index (κ3) is 2.73. The number of aromatic nitrogens is 2. The van der Waals surface area contributed by atoms with Crippen LogP contribution in [0.1, 0.15) is 0 Å². The summed E-state index contributed by atoms with van der Waals surface area (Å²) in [7, 11) is 1.27. The zero-order valence-electron chi connectivity index (χ0n) is 9.99. The molecule has 0 saturated carbocycles. The number of nitrogens with one attached hydrogen (secondary N) is 1. The van der Waals surface area contributed by atoms with Gasteiger partial charge in [-0.2, -0.15) is 0 Å². The Morgan fingerprint density at radius 1 is 1.47 bits per heavy atom. The number of rotatable bonds is 4. The molecule has 1 aromatic carbocycles. The number of benzene rings is 1. The number of carbonyl (C=O) groups excluding carboxylic acids is 1. The van der Waals surface area contributed by atoms with E-state index in [0.717, 1.165) is 0 Å². The average Bonchev–Trinajstić information content (AvgIpc) is 2.43. The Labute approximate surface area is 107 Å². The van der Waals surface area contributed by atoms with Crippen LogP contribution in [-0.4, -0.2) is 34.5 Å². The summed E-state index contributed by atoms with van der Waals surface area (Å²) in [5.74, 6) is -0.115. The molecule has 0 aliphatic heterocycles. The van der Waals surface area contributed by atoms with Gasteiger partial charge in [-0.15, -0.1) is 0 Å². The van der Waals surface area contributed by atoms with Gasteiger partial charge in [-0.25, -0.2) is 9.97 Å². The first-order valence-electron chi connectivity index (χ1n) is 5.31. The highest BCUT2D eigenvalue weighted by Crippen LogP contribution is 2.23. The zero-order valence-corrected chi connectivity index (χ0v) is 9.99. The van der Waals surface area contributed by atoms with Crippen LogP contribution in [0.2, 0.25) is 0 Å². The van der Waals surface area contributed by atoms with E-state index in [1.165, 1.54) is 31.6 Å². The third-order valence-corrected chi connectivity index (χ3v) is 2.46. The van der Waals surface area contributed by atoms with Crippen molar-refractivity contribution < 1.29 is 14.5 Å². The molecule has 0 bridgehead atoms. The number of methoxy groups -OCH3 is 1. The predicted molar refractivity (Wildman–Crippen MR) is 66.7 cm³/mol. The Morgan fingerprint density at radius 3 is 2.95 bits per heavy atom. The summed E-state index contributed by atoms with van der Waals surface area (Å²) in [6, 6.07) is 4.24. The molecule has 0 aliphatic carbocycles. The highest BCUT2D eigenvalue weighted by molar-refractivity contribution is 5.91. The van der Waals surface area contributed by atoms with E-state index in [9.17, 15) is 14.9 Å². The molecule has 0 unspecified atom stereocenters. The fraction of sp³-hybridized carbons (Fsp3) is 0.182. The smallest absolute Gasteiger partial charge is 0.325 e. The molecule has 1 N–H and O–H groups in total. The minimum Gasteiger partial charge on any atom is -0.468 e. The summed E-state index contributed by atoms with van der Waals surface area (Å²) < 4.78 is 4.49. The first-order valence-corrected chi connectivity index (χ1v) is 5.31. The topological polar surface area (TPSA) is 107 Å². The van der Waals surface area contributed by atoms with Gasteiger partial charge in [0.05, 0.1) is 17.5 Å². The van der Waals surface area contributed by atoms with Crippen LogP contribution in [0.5, 0.6) is 0 Å². The summed E-state index contributed by atoms with van der Waals surface area (Å²) in [4.78, 5) is 29.3. The fourth-order valence-corrected chi connectivity index (χ4v) is 1.53. The molecule has 1 heterocycles. The van der Waals surface area contributed by atoms with Gasteiger partial charge in [-0.3, -0.25) is 14.9 Å². The molecule has 0 amide bonds. The molecule has 0 aliphatic rings. The monoisotopic (exact) mass is 262 g/mol. The van der Waals surface area contributed by atoms with Crippen molar-refractivity contribution in [2.24, 2.45) is 0 Å². The van der Waals surface area contributed by atoms with Gasteiger partial charge >= 0.3 is 5.97 Å². The number of carbonyl (C=O) groups is 1. The molecule has 2 aromatic rings. The lowest BCUT2D eigenvalue weighted by atomic mass is 10.2. The normalized spacial score (nSPS) is 10.2. The van der Waals surface area contributed by atoms with Crippen molar-refractivity contribution in [2.45, 2.75) is 0 Å². The Balaban J connectivity index is 2.39. The quantitative estimate of drug-likeness (QED) is 0.499. The Morgan fingerprint density at radius 2 is 2.26 bits per heavy atom. The van der Waals surface area contributed by atoms with Crippen LogP contribution < -0.4 is 5.32 Å². The molecule has 2 rings (SSSR count). The second-order valence-electron chi connectivity index (χ2n) is 3.61. The molecular formula is C11H10N4O4. The second kappa shape index (κ2) is 5.25. The van der Waals surface area contributed by atoms with Gasteiger partial charge in [-0.1, -0.05) is 0 Å². The minimum atomic E-state index is -0.503. The molecule has 98 valence electrons. The number of hydrogen-bond donors (Lipinski definition) is 1. The van der Waals surface area contributed by atoms with Crippen LogP contribution in [0, 0.1) is 10.1 Å². The van der Waals surface area contributed by atoms with E-state index in [1.54, 1.807) is 0 Å². The Hall–Kier alpha value is -2.77. The van der Waals surface area contributed by atoms with Gasteiger partial charge in [0.15, 0.2) is 0 Å². The van der Waals surface area contributed by atoms with E-state index in [0.29, 0.717) is 16.7 Å². The number of nitro benzene ring substituents is 1. The summed E-state index contributed by atoms with van der Waals surface area (Å²) in [6.45, 7) is -0.0781. The maximum atomic E-state index is 11.1. The lowest BCUT2D eigenvalue weighted by molar-refractivity contribution is -0.384. The fourth-order valence-electron chi connectivity index (χ4n) is 1.53. The highest BCUT2D eigenvalue weighted by atomic mass is 16.6. The maximum Gasteiger partial charge on any atom is 0.325 e. The second-order valence-corrected chi connectivity index (χ2v) is 3.61. The number of non-ortho nitro benzene ring substituents is 1. The van der Waals surface area contributed by atoms with Crippen molar-refractivity contribution in [1.82, 2.24) is 9.97 Å². The molecule has 0 atom stereocenters. The molecule has 8 heteroatoms. The molecular weight excluding hydrogens is 252 g/mol. The van der Waals surface area contributed by atoms with E-state index in [1.807, 2.05) is 0 Å². The zero-order chi connectivity index (χ0) is 13.8. The lowest BCUT2D eigenvalue weighted by Gasteiger charge is -2.06. The van der Waals surface area contributed by atoms with Crippen LogP contribution in [0.15, 0.2) is 24.5 Å². The number of ether oxygens (including phenoxy) is 1. The average molecular weight is 262 g/mol. The number of nitrogens with zero attached hydrogens (tertiary/aromatic N) is 3. The van der Waals surface area contributed by atoms with Crippen LogP contribution in [0.4, 0.5) is 11.5 Å². The molecule has 0 fully saturated rings. The maximum absolute atomic E-state index is 11.1. The Bertz CT molecular complexity index is 644. The van der Waals surface area contributed by atoms with Crippen molar-refractivity contribution in [1.29, 1.82) is 0 Å². The van der Waals surface area contributed by atoms with Gasteiger partial charge in [0.1, 0.15) is 18.7 Å². The summed E-state index contributed by atoms with van der Waals surface area (Å²) in [5.41, 5.74) is 0.483. The van der Waals surface area contributed by atoms with Gasteiger partial charge in [0, 0.05) is 17.5 Å². The van der Waals surface area contributed by atoms with Crippen molar-refractivity contribution in [3.05, 3.63) is 34.6 Å². The van der Waals surface area contributed by atoms with E-state index < -0.39 is 10.9 Å². The van der Waals surface area contributed by atoms with Crippen LogP contribution >= 0.6 is 0 Å². The SMILES string of the molecule is COC(=O)CNc1ncnc2ccc([N+](=O)[O-])cc12. The number of hydrogen-bond acceptors (Lipinski definition) is 7. The first-order chi connectivity index (χ1) is 9.11. The van der Waals surface area contributed by atoms with E-state index >= 15 is 0 Å². The molecule has 0 radical (unpaired) electrons. The van der Waals surface area contributed by atoms with E-state index in [-0.39, 0.29) is 12.2 Å². The summed E-state index contributed by atoms with van der Waals surface area (Å²) in [6.07, 6.45) is 1.31. The van der Waals surface area contributed by atoms with Gasteiger partial charge in [-0.05, 0) is 6.07 Å². The van der Waals surface area contributed by atoms with E-state index in [4.69, 9.17) is 0 Å². The lowest BCUT2D eigenvalue weighted by Crippen LogP contribution is -2.16. The highest BCUT2D eigenvalue weighted by Gasteiger charge is 2.11. The van der Waals surface area contributed by atoms with Crippen molar-refractivity contribution >= 4 is 28.4 Å². The Kier molecular flexibility index (Phi) is 3.51. The van der Waals surface area contributed by atoms with Gasteiger partial charge in [0.25, 0.3) is 5.69 Å². The number of esters is 1. The molecule has 0 saturated heterocycles.